The highest BCUT2D eigenvalue weighted by molar-refractivity contribution is 7.21. The van der Waals surface area contributed by atoms with Crippen LogP contribution in [0.25, 0.3) is 10.3 Å². The molecule has 0 aliphatic carbocycles. The molecule has 5 rings (SSSR count). The summed E-state index contributed by atoms with van der Waals surface area (Å²) < 4.78 is 0. The highest BCUT2D eigenvalue weighted by Crippen LogP contribution is 2.29. The fourth-order valence-corrected chi connectivity index (χ4v) is 5.36. The molecular formula is C30H33N9O2S. The number of nitrogens with one attached hydrogen (secondary N) is 2. The Morgan fingerprint density at radius 2 is 1.83 bits per heavy atom. The molecule has 1 aliphatic heterocycles. The van der Waals surface area contributed by atoms with Gasteiger partial charge in [-0.2, -0.15) is 10.2 Å². The molecule has 2 N–H and O–H groups in total. The van der Waals surface area contributed by atoms with Crippen LogP contribution in [-0.2, 0) is 10.2 Å². The first-order valence-corrected chi connectivity index (χ1v) is 14.4. The summed E-state index contributed by atoms with van der Waals surface area (Å²) >= 11 is 1.30. The van der Waals surface area contributed by atoms with Gasteiger partial charge in [0.1, 0.15) is 5.52 Å². The van der Waals surface area contributed by atoms with E-state index >= 15 is 0 Å². The van der Waals surface area contributed by atoms with Gasteiger partial charge in [-0.15, -0.1) is 0 Å². The van der Waals surface area contributed by atoms with Crippen LogP contribution in [0.15, 0.2) is 54.7 Å². The first-order chi connectivity index (χ1) is 20.1. The molecule has 3 heterocycles. The fraction of sp³-hybridized carbons (Fsp3) is 0.333. The minimum absolute atomic E-state index is 0.0942. The average molecular weight is 584 g/mol. The van der Waals surface area contributed by atoms with E-state index in [1.807, 2.05) is 56.1 Å². The molecule has 1 fully saturated rings. The number of anilines is 4. The Hall–Kier alpha value is -4.44. The van der Waals surface area contributed by atoms with E-state index in [-0.39, 0.29) is 11.8 Å². The predicted octanol–water partition coefficient (Wildman–Crippen LogP) is 4.09. The zero-order chi connectivity index (χ0) is 29.9. The lowest BCUT2D eigenvalue weighted by atomic mass is 9.85. The Labute approximate surface area is 248 Å². The zero-order valence-corrected chi connectivity index (χ0v) is 24.9. The van der Waals surface area contributed by atoms with Crippen LogP contribution < -0.4 is 15.5 Å². The van der Waals surface area contributed by atoms with Crippen molar-refractivity contribution in [2.75, 3.05) is 62.4 Å². The zero-order valence-electron chi connectivity index (χ0n) is 24.1. The molecule has 42 heavy (non-hydrogen) atoms. The number of carbonyl (C=O) groups excluding carboxylic acids is 2. The number of carbonyl (C=O) groups is 2. The molecule has 2 aromatic heterocycles. The molecule has 2 aromatic carbocycles. The topological polar surface area (TPSA) is 130 Å². The van der Waals surface area contributed by atoms with E-state index in [1.165, 1.54) is 11.3 Å². The molecular weight excluding hydrogens is 550 g/mol. The molecule has 0 bridgehead atoms. The number of nitriles is 1. The number of thiazole rings is 1. The monoisotopic (exact) mass is 583 g/mol. The van der Waals surface area contributed by atoms with Crippen LogP contribution in [0.2, 0.25) is 0 Å². The summed E-state index contributed by atoms with van der Waals surface area (Å²) in [5, 5.41) is 15.8. The second-order valence-electron chi connectivity index (χ2n) is 10.9. The molecule has 1 saturated heterocycles. The van der Waals surface area contributed by atoms with Gasteiger partial charge in [-0.3, -0.25) is 14.5 Å². The van der Waals surface area contributed by atoms with Crippen LogP contribution in [0, 0.1) is 11.3 Å². The first kappa shape index (κ1) is 29.1. The van der Waals surface area contributed by atoms with E-state index < -0.39 is 5.41 Å². The number of likely N-dealkylation sites (N-methyl/N-ethyl adjacent to an activating group) is 1. The maximum absolute atomic E-state index is 13.0. The van der Waals surface area contributed by atoms with E-state index in [9.17, 15) is 14.9 Å². The Balaban J connectivity index is 1.26. The van der Waals surface area contributed by atoms with E-state index in [2.05, 4.69) is 48.5 Å². The van der Waals surface area contributed by atoms with E-state index in [1.54, 1.807) is 24.4 Å². The molecule has 0 unspecified atom stereocenters. The second kappa shape index (κ2) is 12.2. The van der Waals surface area contributed by atoms with Crippen LogP contribution in [0.5, 0.6) is 0 Å². The standard InChI is InChI=1S/C30H33N9O2S/c1-30(2,19-31)21-8-5-7-20(15-21)26(41)33-22-9-6-10-23(16-22)38(4)28-32-17-24-27(36-28)42-29(34-24)35-25(40)18-39-13-11-37(3)12-14-39/h5-10,15-17H,11-14,18H2,1-4H3,(H,33,41)(H,34,35,40). The Kier molecular flexibility index (Phi) is 8.44. The number of aromatic nitrogens is 3. The number of hydrogen-bond donors (Lipinski definition) is 2. The minimum atomic E-state index is -0.699. The average Bonchev–Trinajstić information content (AvgIpc) is 3.39. The maximum Gasteiger partial charge on any atom is 0.255 e. The van der Waals surface area contributed by atoms with Crippen LogP contribution in [0.1, 0.15) is 29.8 Å². The van der Waals surface area contributed by atoms with Crippen molar-refractivity contribution in [3.63, 3.8) is 0 Å². The minimum Gasteiger partial charge on any atom is -0.322 e. The van der Waals surface area contributed by atoms with Crippen LogP contribution in [0.3, 0.4) is 0 Å². The summed E-state index contributed by atoms with van der Waals surface area (Å²) in [4.78, 5) is 46.1. The van der Waals surface area contributed by atoms with Crippen molar-refractivity contribution >= 4 is 56.0 Å². The highest BCUT2D eigenvalue weighted by atomic mass is 32.1. The van der Waals surface area contributed by atoms with Crippen molar-refractivity contribution in [2.45, 2.75) is 19.3 Å². The van der Waals surface area contributed by atoms with Gasteiger partial charge in [0, 0.05) is 50.2 Å². The van der Waals surface area contributed by atoms with E-state index in [0.29, 0.717) is 39.2 Å². The summed E-state index contributed by atoms with van der Waals surface area (Å²) in [6.07, 6.45) is 1.64. The number of rotatable bonds is 8. The Bertz CT molecular complexity index is 1650. The summed E-state index contributed by atoms with van der Waals surface area (Å²) in [5.74, 6) is 0.0922. The quantitative estimate of drug-likeness (QED) is 0.315. The predicted molar refractivity (Wildman–Crippen MR) is 165 cm³/mol. The fourth-order valence-electron chi connectivity index (χ4n) is 4.53. The molecule has 12 heteroatoms. The molecule has 2 amide bonds. The van der Waals surface area contributed by atoms with E-state index in [4.69, 9.17) is 0 Å². The number of nitrogens with zero attached hydrogens (tertiary/aromatic N) is 7. The van der Waals surface area contributed by atoms with Gasteiger partial charge in [0.05, 0.1) is 24.2 Å². The summed E-state index contributed by atoms with van der Waals surface area (Å²) in [6.45, 7) is 7.60. The Morgan fingerprint density at radius 3 is 2.60 bits per heavy atom. The van der Waals surface area contributed by atoms with Gasteiger partial charge in [0.2, 0.25) is 11.9 Å². The van der Waals surface area contributed by atoms with Crippen molar-refractivity contribution in [3.8, 4) is 6.07 Å². The van der Waals surface area contributed by atoms with Crippen molar-refractivity contribution in [3.05, 3.63) is 65.9 Å². The second-order valence-corrected chi connectivity index (χ2v) is 11.9. The first-order valence-electron chi connectivity index (χ1n) is 13.6. The van der Waals surface area contributed by atoms with E-state index in [0.717, 1.165) is 37.4 Å². The number of hydrogen-bond acceptors (Lipinski definition) is 10. The van der Waals surface area contributed by atoms with Gasteiger partial charge in [0.25, 0.3) is 5.91 Å². The number of amides is 2. The summed E-state index contributed by atoms with van der Waals surface area (Å²) in [5.41, 5.74) is 2.54. The van der Waals surface area contributed by atoms with Gasteiger partial charge < -0.3 is 20.4 Å². The van der Waals surface area contributed by atoms with Crippen molar-refractivity contribution in [1.29, 1.82) is 5.26 Å². The summed E-state index contributed by atoms with van der Waals surface area (Å²) in [7, 11) is 3.93. The molecule has 1 aliphatic rings. The lowest BCUT2D eigenvalue weighted by Gasteiger charge is -2.31. The SMILES string of the molecule is CN1CCN(CC(=O)Nc2nc3cnc(N(C)c4cccc(NC(=O)c5cccc(C(C)(C)C#N)c5)c4)nc3s2)CC1. The third-order valence-corrected chi connectivity index (χ3v) is 8.15. The van der Waals surface area contributed by atoms with Crippen molar-refractivity contribution in [1.82, 2.24) is 24.8 Å². The molecule has 0 saturated carbocycles. The molecule has 0 atom stereocenters. The Morgan fingerprint density at radius 1 is 1.07 bits per heavy atom. The molecule has 0 spiro atoms. The van der Waals surface area contributed by atoms with Crippen LogP contribution in [-0.4, -0.2) is 83.4 Å². The van der Waals surface area contributed by atoms with Gasteiger partial charge in [-0.1, -0.05) is 29.5 Å². The maximum atomic E-state index is 13.0. The van der Waals surface area contributed by atoms with Crippen molar-refractivity contribution in [2.24, 2.45) is 0 Å². The third-order valence-electron chi connectivity index (χ3n) is 7.27. The molecule has 0 radical (unpaired) electrons. The molecule has 4 aromatic rings. The normalized spacial score (nSPS) is 14.4. The van der Waals surface area contributed by atoms with Gasteiger partial charge in [-0.05, 0) is 56.8 Å². The number of benzene rings is 2. The molecule has 11 nitrogen and oxygen atoms in total. The lowest BCUT2D eigenvalue weighted by molar-refractivity contribution is -0.117. The summed E-state index contributed by atoms with van der Waals surface area (Å²) in [6, 6.07) is 16.8. The van der Waals surface area contributed by atoms with Crippen LogP contribution in [0.4, 0.5) is 22.5 Å². The third kappa shape index (κ3) is 6.71. The van der Waals surface area contributed by atoms with Gasteiger partial charge in [0.15, 0.2) is 9.96 Å². The number of fused-ring (bicyclic) bond motifs is 1. The van der Waals surface area contributed by atoms with Gasteiger partial charge in [-0.25, -0.2) is 9.97 Å². The molecule has 216 valence electrons. The van der Waals surface area contributed by atoms with Crippen molar-refractivity contribution < 1.29 is 9.59 Å². The lowest BCUT2D eigenvalue weighted by Crippen LogP contribution is -2.47. The smallest absolute Gasteiger partial charge is 0.255 e. The largest absolute Gasteiger partial charge is 0.322 e. The van der Waals surface area contributed by atoms with Gasteiger partial charge >= 0.3 is 0 Å². The number of piperazine rings is 1. The highest BCUT2D eigenvalue weighted by Gasteiger charge is 2.21. The van der Waals surface area contributed by atoms with Crippen LogP contribution >= 0.6 is 11.3 Å².